The van der Waals surface area contributed by atoms with Gasteiger partial charge in [0.2, 0.25) is 0 Å². The number of hydrogen-bond donors (Lipinski definition) is 2. The Balaban J connectivity index is 1.17. The molecule has 1 fully saturated rings. The highest BCUT2D eigenvalue weighted by Crippen LogP contribution is 2.36. The number of carbonyl (C=O) groups excluding carboxylic acids is 1. The number of nitrogens with zero attached hydrogens (tertiary/aromatic N) is 5. The summed E-state index contributed by atoms with van der Waals surface area (Å²) in [5.41, 5.74) is 2.95. The number of benzene rings is 1. The number of urea groups is 1. The summed E-state index contributed by atoms with van der Waals surface area (Å²) in [6.45, 7) is 7.81. The molecule has 0 aliphatic carbocycles. The Morgan fingerprint density at radius 2 is 1.91 bits per heavy atom. The van der Waals surface area contributed by atoms with Crippen molar-refractivity contribution in [2.45, 2.75) is 39.0 Å². The fourth-order valence-electron chi connectivity index (χ4n) is 5.82. The van der Waals surface area contributed by atoms with E-state index in [1.807, 2.05) is 37.9 Å². The van der Waals surface area contributed by atoms with E-state index in [-0.39, 0.29) is 30.3 Å². The smallest absolute Gasteiger partial charge is 0.416 e. The van der Waals surface area contributed by atoms with Gasteiger partial charge in [-0.15, -0.1) is 0 Å². The summed E-state index contributed by atoms with van der Waals surface area (Å²) in [6.07, 6.45) is -1.21. The molecular weight excluding hydrogens is 559 g/mol. The third kappa shape index (κ3) is 6.30. The molecule has 2 N–H and O–H groups in total. The summed E-state index contributed by atoms with van der Waals surface area (Å²) in [4.78, 5) is 31.2. The fourth-order valence-corrected chi connectivity index (χ4v) is 5.82. The predicted molar refractivity (Wildman–Crippen MR) is 157 cm³/mol. The van der Waals surface area contributed by atoms with Crippen LogP contribution in [0.2, 0.25) is 0 Å². The quantitative estimate of drug-likeness (QED) is 0.296. The molecule has 2 aliphatic heterocycles. The number of carbonyl (C=O) groups is 1. The molecule has 2 aliphatic rings. The number of pyridine rings is 2. The molecule has 1 atom stereocenters. The summed E-state index contributed by atoms with van der Waals surface area (Å²) in [6, 6.07) is 9.19. The number of H-pyrrole nitrogens is 1. The van der Waals surface area contributed by atoms with E-state index in [1.54, 1.807) is 29.4 Å². The van der Waals surface area contributed by atoms with E-state index >= 15 is 0 Å². The van der Waals surface area contributed by atoms with Crippen LogP contribution in [0.4, 0.5) is 23.7 Å². The van der Waals surface area contributed by atoms with Gasteiger partial charge in [-0.2, -0.15) is 13.2 Å². The molecular formula is C31H34F3N7O2. The summed E-state index contributed by atoms with van der Waals surface area (Å²) >= 11 is 0. The van der Waals surface area contributed by atoms with Crippen molar-refractivity contribution in [1.29, 1.82) is 0 Å². The standard InChI is InChI=1S/C31H34F3N7O2/c1-19-16-41(18-22-13-24(15-36-28(19)22)43-27-6-7-35-29-25(27)12-20(2)37-29)30(42)38-23-5-4-21(26(14-23)31(32,33)34)17-40-10-8-39(3)9-11-40/h4-7,12-15,19H,8-11,16-18H2,1-3H3,(H,35,37)(H,38,42)/t19-/m1/s1. The van der Waals surface area contributed by atoms with E-state index in [0.717, 1.165) is 47.1 Å². The molecule has 5 heterocycles. The molecule has 43 heavy (non-hydrogen) atoms. The summed E-state index contributed by atoms with van der Waals surface area (Å²) < 4.78 is 48.3. The Bertz CT molecular complexity index is 1650. The van der Waals surface area contributed by atoms with Gasteiger partial charge in [0, 0.05) is 69.3 Å². The highest BCUT2D eigenvalue weighted by Gasteiger charge is 2.35. The molecule has 226 valence electrons. The third-order valence-corrected chi connectivity index (χ3v) is 8.10. The molecule has 0 bridgehead atoms. The van der Waals surface area contributed by atoms with Crippen molar-refractivity contribution >= 4 is 22.8 Å². The molecule has 6 rings (SSSR count). The molecule has 2 amide bonds. The van der Waals surface area contributed by atoms with Crippen LogP contribution in [0, 0.1) is 6.92 Å². The predicted octanol–water partition coefficient (Wildman–Crippen LogP) is 5.98. The fraction of sp³-hybridized carbons (Fsp3) is 0.387. The number of ether oxygens (including phenoxy) is 1. The van der Waals surface area contributed by atoms with Crippen LogP contribution < -0.4 is 10.1 Å². The van der Waals surface area contributed by atoms with Gasteiger partial charge >= 0.3 is 12.2 Å². The van der Waals surface area contributed by atoms with E-state index in [0.29, 0.717) is 31.1 Å². The Kier molecular flexibility index (Phi) is 7.74. The Morgan fingerprint density at radius 3 is 2.67 bits per heavy atom. The van der Waals surface area contributed by atoms with Crippen molar-refractivity contribution in [1.82, 2.24) is 29.7 Å². The van der Waals surface area contributed by atoms with Crippen molar-refractivity contribution in [2.24, 2.45) is 0 Å². The van der Waals surface area contributed by atoms with Gasteiger partial charge in [-0.25, -0.2) is 9.78 Å². The first-order chi connectivity index (χ1) is 20.5. The van der Waals surface area contributed by atoms with Crippen molar-refractivity contribution in [2.75, 3.05) is 45.1 Å². The number of fused-ring (bicyclic) bond motifs is 2. The number of piperazine rings is 1. The summed E-state index contributed by atoms with van der Waals surface area (Å²) in [5.74, 6) is 1.08. The first kappa shape index (κ1) is 28.9. The van der Waals surface area contributed by atoms with Crippen LogP contribution in [-0.2, 0) is 19.3 Å². The second-order valence-corrected chi connectivity index (χ2v) is 11.5. The number of nitrogens with one attached hydrogen (secondary N) is 2. The zero-order chi connectivity index (χ0) is 30.3. The van der Waals surface area contributed by atoms with E-state index in [2.05, 4.69) is 25.2 Å². The summed E-state index contributed by atoms with van der Waals surface area (Å²) in [5, 5.41) is 3.54. The molecule has 1 saturated heterocycles. The van der Waals surface area contributed by atoms with Crippen molar-refractivity contribution in [3.8, 4) is 11.5 Å². The maximum atomic E-state index is 14.1. The molecule has 9 nitrogen and oxygen atoms in total. The van der Waals surface area contributed by atoms with Gasteiger partial charge in [-0.05, 0) is 55.4 Å². The van der Waals surface area contributed by atoms with E-state index < -0.39 is 17.8 Å². The monoisotopic (exact) mass is 593 g/mol. The number of halogens is 3. The van der Waals surface area contributed by atoms with Gasteiger partial charge < -0.3 is 24.8 Å². The molecule has 0 saturated carbocycles. The van der Waals surface area contributed by atoms with Crippen LogP contribution in [0.5, 0.6) is 11.5 Å². The lowest BCUT2D eigenvalue weighted by Crippen LogP contribution is -2.44. The van der Waals surface area contributed by atoms with Crippen LogP contribution in [-0.4, -0.2) is 75.5 Å². The van der Waals surface area contributed by atoms with Crippen LogP contribution >= 0.6 is 0 Å². The van der Waals surface area contributed by atoms with Gasteiger partial charge in [0.1, 0.15) is 17.1 Å². The van der Waals surface area contributed by atoms with Gasteiger partial charge in [0.15, 0.2) is 0 Å². The molecule has 0 radical (unpaired) electrons. The minimum Gasteiger partial charge on any atom is -0.455 e. The minimum absolute atomic E-state index is 0.0693. The van der Waals surface area contributed by atoms with Crippen LogP contribution in [0.3, 0.4) is 0 Å². The number of aromatic amines is 1. The molecule has 3 aromatic heterocycles. The number of aromatic nitrogens is 3. The topological polar surface area (TPSA) is 89.6 Å². The largest absolute Gasteiger partial charge is 0.455 e. The van der Waals surface area contributed by atoms with Crippen LogP contribution in [0.15, 0.2) is 48.8 Å². The summed E-state index contributed by atoms with van der Waals surface area (Å²) in [7, 11) is 2.00. The zero-order valence-corrected chi connectivity index (χ0v) is 24.3. The highest BCUT2D eigenvalue weighted by atomic mass is 19.4. The number of anilines is 1. The normalized spacial score (nSPS) is 18.1. The van der Waals surface area contributed by atoms with E-state index in [4.69, 9.17) is 4.74 Å². The maximum Gasteiger partial charge on any atom is 0.416 e. The lowest BCUT2D eigenvalue weighted by atomic mass is 9.96. The van der Waals surface area contributed by atoms with Crippen molar-refractivity contribution < 1.29 is 22.7 Å². The maximum absolute atomic E-state index is 14.1. The van der Waals surface area contributed by atoms with Crippen molar-refractivity contribution in [3.63, 3.8) is 0 Å². The third-order valence-electron chi connectivity index (χ3n) is 8.10. The molecule has 1 aromatic carbocycles. The zero-order valence-electron chi connectivity index (χ0n) is 24.3. The molecule has 0 spiro atoms. The molecule has 4 aromatic rings. The number of rotatable bonds is 5. The number of likely N-dealkylation sites (N-methyl/N-ethyl adjacent to an activating group) is 1. The number of aryl methyl sites for hydroxylation is 1. The van der Waals surface area contributed by atoms with Gasteiger partial charge in [0.05, 0.1) is 22.8 Å². The van der Waals surface area contributed by atoms with Crippen LogP contribution in [0.1, 0.15) is 40.9 Å². The first-order valence-electron chi connectivity index (χ1n) is 14.3. The number of alkyl halides is 3. The number of hydrogen-bond acceptors (Lipinski definition) is 6. The molecule has 0 unspecified atom stereocenters. The van der Waals surface area contributed by atoms with Gasteiger partial charge in [0.25, 0.3) is 0 Å². The van der Waals surface area contributed by atoms with Crippen molar-refractivity contribution in [3.05, 3.63) is 76.9 Å². The van der Waals surface area contributed by atoms with Gasteiger partial charge in [-0.3, -0.25) is 9.88 Å². The average Bonchev–Trinajstić information content (AvgIpc) is 3.35. The average molecular weight is 594 g/mol. The second kappa shape index (κ2) is 11.5. The highest BCUT2D eigenvalue weighted by molar-refractivity contribution is 5.89. The first-order valence-corrected chi connectivity index (χ1v) is 14.3. The van der Waals surface area contributed by atoms with E-state index in [1.165, 1.54) is 6.07 Å². The number of amides is 2. The lowest BCUT2D eigenvalue weighted by Gasteiger charge is -2.33. The molecule has 12 heteroatoms. The Labute approximate surface area is 247 Å². The minimum atomic E-state index is -4.54. The SMILES string of the molecule is Cc1cc2c(Oc3cnc4c(c3)CN(C(=O)Nc3ccc(CN5CCN(C)CC5)c(C(F)(F)F)c3)C[C@H]4C)ccnc2[nH]1. The second-order valence-electron chi connectivity index (χ2n) is 11.5. The lowest BCUT2D eigenvalue weighted by molar-refractivity contribution is -0.138. The van der Waals surface area contributed by atoms with E-state index in [9.17, 15) is 18.0 Å². The van der Waals surface area contributed by atoms with Gasteiger partial charge in [-0.1, -0.05) is 13.0 Å². The van der Waals surface area contributed by atoms with Crippen LogP contribution in [0.25, 0.3) is 11.0 Å². The Morgan fingerprint density at radius 1 is 1.12 bits per heavy atom. The Hall–Kier alpha value is -4.16.